The van der Waals surface area contributed by atoms with Gasteiger partial charge in [0.25, 0.3) is 0 Å². The molecule has 0 atom stereocenters. The number of aryl methyl sites for hydroxylation is 1. The van der Waals surface area contributed by atoms with Gasteiger partial charge in [-0.25, -0.2) is 4.98 Å². The van der Waals surface area contributed by atoms with E-state index in [2.05, 4.69) is 21.7 Å². The lowest BCUT2D eigenvalue weighted by atomic mass is 10.3. The topological polar surface area (TPSA) is 51.8 Å². The summed E-state index contributed by atoms with van der Waals surface area (Å²) in [6, 6.07) is 5.66. The van der Waals surface area contributed by atoms with E-state index in [1.165, 1.54) is 6.08 Å². The van der Waals surface area contributed by atoms with Crippen LogP contribution in [0.4, 0.5) is 0 Å². The van der Waals surface area contributed by atoms with Gasteiger partial charge in [0.15, 0.2) is 0 Å². The molecule has 2 aromatic heterocycles. The fraction of sp³-hybridized carbons (Fsp3) is 0.100. The summed E-state index contributed by atoms with van der Waals surface area (Å²) < 4.78 is 4.89. The number of aromatic nitrogens is 3. The van der Waals surface area contributed by atoms with Crippen LogP contribution in [0, 0.1) is 6.92 Å². The first-order chi connectivity index (χ1) is 6.79. The smallest absolute Gasteiger partial charge is 0.250 e. The summed E-state index contributed by atoms with van der Waals surface area (Å²) in [6.45, 7) is 5.45. The van der Waals surface area contributed by atoms with Gasteiger partial charge in [-0.2, -0.15) is 4.98 Å². The zero-order chi connectivity index (χ0) is 9.97. The number of hydrogen-bond acceptors (Lipinski definition) is 4. The molecule has 0 aliphatic rings. The first kappa shape index (κ1) is 8.62. The van der Waals surface area contributed by atoms with Crippen LogP contribution in [0.25, 0.3) is 17.6 Å². The second kappa shape index (κ2) is 3.41. The van der Waals surface area contributed by atoms with E-state index in [0.29, 0.717) is 17.4 Å². The van der Waals surface area contributed by atoms with Crippen molar-refractivity contribution < 1.29 is 4.52 Å². The van der Waals surface area contributed by atoms with Crippen LogP contribution in [0.2, 0.25) is 0 Å². The lowest BCUT2D eigenvalue weighted by molar-refractivity contribution is 0.411. The molecule has 0 radical (unpaired) electrons. The van der Waals surface area contributed by atoms with E-state index in [1.54, 1.807) is 0 Å². The Hall–Kier alpha value is -1.97. The molecule has 0 amide bonds. The summed E-state index contributed by atoms with van der Waals surface area (Å²) in [6.07, 6.45) is 1.51. The molecule has 2 aromatic rings. The van der Waals surface area contributed by atoms with Crippen molar-refractivity contribution in [1.82, 2.24) is 15.1 Å². The number of hydrogen-bond donors (Lipinski definition) is 0. The van der Waals surface area contributed by atoms with Gasteiger partial charge < -0.3 is 4.52 Å². The Kier molecular flexibility index (Phi) is 2.10. The molecular formula is C10H9N3O. The molecule has 0 aliphatic heterocycles. The molecule has 0 bridgehead atoms. The second-order valence-electron chi connectivity index (χ2n) is 2.82. The Morgan fingerprint density at radius 2 is 2.21 bits per heavy atom. The fourth-order valence-corrected chi connectivity index (χ4v) is 1.09. The summed E-state index contributed by atoms with van der Waals surface area (Å²) in [7, 11) is 0. The molecule has 2 rings (SSSR count). The molecule has 14 heavy (non-hydrogen) atoms. The molecule has 0 N–H and O–H groups in total. The highest BCUT2D eigenvalue weighted by molar-refractivity contribution is 5.50. The summed E-state index contributed by atoms with van der Waals surface area (Å²) >= 11 is 0. The molecule has 0 spiro atoms. The van der Waals surface area contributed by atoms with Gasteiger partial charge in [0, 0.05) is 5.69 Å². The SMILES string of the molecule is C=Cc1nc(-c2cccc(C)n2)no1. The van der Waals surface area contributed by atoms with E-state index in [0.717, 1.165) is 5.69 Å². The van der Waals surface area contributed by atoms with Crippen LogP contribution in [0.5, 0.6) is 0 Å². The maximum atomic E-state index is 4.89. The van der Waals surface area contributed by atoms with Gasteiger partial charge in [0.2, 0.25) is 11.7 Å². The molecule has 0 fully saturated rings. The highest BCUT2D eigenvalue weighted by Crippen LogP contribution is 2.13. The van der Waals surface area contributed by atoms with Crippen molar-refractivity contribution in [3.63, 3.8) is 0 Å². The first-order valence-corrected chi connectivity index (χ1v) is 4.20. The lowest BCUT2D eigenvalue weighted by Gasteiger charge is -1.93. The molecule has 0 aromatic carbocycles. The van der Waals surface area contributed by atoms with Crippen molar-refractivity contribution in [2.75, 3.05) is 0 Å². The van der Waals surface area contributed by atoms with Crippen LogP contribution in [-0.2, 0) is 0 Å². The molecule has 70 valence electrons. The molecule has 4 nitrogen and oxygen atoms in total. The average Bonchev–Trinajstić information content (AvgIpc) is 2.66. The minimum absolute atomic E-state index is 0.406. The summed E-state index contributed by atoms with van der Waals surface area (Å²) in [5.41, 5.74) is 1.63. The largest absolute Gasteiger partial charge is 0.334 e. The highest BCUT2D eigenvalue weighted by atomic mass is 16.5. The van der Waals surface area contributed by atoms with E-state index in [1.807, 2.05) is 25.1 Å². The molecular weight excluding hydrogens is 178 g/mol. The third-order valence-electron chi connectivity index (χ3n) is 1.73. The van der Waals surface area contributed by atoms with Crippen molar-refractivity contribution in [3.05, 3.63) is 36.4 Å². The Balaban J connectivity index is 2.43. The van der Waals surface area contributed by atoms with Crippen LogP contribution < -0.4 is 0 Å². The maximum Gasteiger partial charge on any atom is 0.250 e. The zero-order valence-corrected chi connectivity index (χ0v) is 7.77. The third-order valence-corrected chi connectivity index (χ3v) is 1.73. The molecule has 2 heterocycles. The first-order valence-electron chi connectivity index (χ1n) is 4.20. The van der Waals surface area contributed by atoms with E-state index < -0.39 is 0 Å². The van der Waals surface area contributed by atoms with Gasteiger partial charge in [-0.15, -0.1) is 0 Å². The third kappa shape index (κ3) is 1.54. The van der Waals surface area contributed by atoms with Crippen LogP contribution in [0.3, 0.4) is 0 Å². The van der Waals surface area contributed by atoms with E-state index in [-0.39, 0.29) is 0 Å². The fourth-order valence-electron chi connectivity index (χ4n) is 1.09. The van der Waals surface area contributed by atoms with Crippen LogP contribution in [0.1, 0.15) is 11.6 Å². The van der Waals surface area contributed by atoms with Crippen molar-refractivity contribution in [2.45, 2.75) is 6.92 Å². The van der Waals surface area contributed by atoms with E-state index in [9.17, 15) is 0 Å². The quantitative estimate of drug-likeness (QED) is 0.722. The Morgan fingerprint density at radius 3 is 2.86 bits per heavy atom. The van der Waals surface area contributed by atoms with Gasteiger partial charge in [-0.3, -0.25) is 0 Å². The second-order valence-corrected chi connectivity index (χ2v) is 2.82. The molecule has 0 saturated heterocycles. The highest BCUT2D eigenvalue weighted by Gasteiger charge is 2.06. The Bertz CT molecular complexity index is 462. The van der Waals surface area contributed by atoms with Crippen molar-refractivity contribution in [3.8, 4) is 11.5 Å². The minimum atomic E-state index is 0.406. The molecule has 0 aliphatic carbocycles. The Labute approximate surface area is 81.3 Å². The van der Waals surface area contributed by atoms with Gasteiger partial charge in [0.05, 0.1) is 0 Å². The molecule has 4 heteroatoms. The monoisotopic (exact) mass is 187 g/mol. The molecule has 0 saturated carbocycles. The number of rotatable bonds is 2. The normalized spacial score (nSPS) is 10.1. The van der Waals surface area contributed by atoms with Crippen LogP contribution >= 0.6 is 0 Å². The van der Waals surface area contributed by atoms with Crippen molar-refractivity contribution in [2.24, 2.45) is 0 Å². The predicted molar refractivity (Wildman–Crippen MR) is 52.4 cm³/mol. The van der Waals surface area contributed by atoms with Crippen molar-refractivity contribution in [1.29, 1.82) is 0 Å². The minimum Gasteiger partial charge on any atom is -0.334 e. The van der Waals surface area contributed by atoms with E-state index in [4.69, 9.17) is 4.52 Å². The zero-order valence-electron chi connectivity index (χ0n) is 7.77. The predicted octanol–water partition coefficient (Wildman–Crippen LogP) is 2.08. The molecule has 0 unspecified atom stereocenters. The number of pyridine rings is 1. The maximum absolute atomic E-state index is 4.89. The average molecular weight is 187 g/mol. The van der Waals surface area contributed by atoms with Gasteiger partial charge in [0.1, 0.15) is 5.69 Å². The Morgan fingerprint density at radius 1 is 1.36 bits per heavy atom. The van der Waals surface area contributed by atoms with E-state index >= 15 is 0 Å². The lowest BCUT2D eigenvalue weighted by Crippen LogP contribution is -1.87. The van der Waals surface area contributed by atoms with Crippen LogP contribution in [0.15, 0.2) is 29.3 Å². The standard InChI is InChI=1S/C10H9N3O/c1-3-9-12-10(13-14-9)8-6-4-5-7(2)11-8/h3-6H,1H2,2H3. The van der Waals surface area contributed by atoms with Gasteiger partial charge in [-0.05, 0) is 25.1 Å². The summed E-state index contributed by atoms with van der Waals surface area (Å²) in [5.74, 6) is 0.895. The van der Waals surface area contributed by atoms with Crippen LogP contribution in [-0.4, -0.2) is 15.1 Å². The number of nitrogens with zero attached hydrogens (tertiary/aromatic N) is 3. The van der Waals surface area contributed by atoms with Gasteiger partial charge in [-0.1, -0.05) is 17.8 Å². The summed E-state index contributed by atoms with van der Waals surface area (Å²) in [4.78, 5) is 8.35. The van der Waals surface area contributed by atoms with Gasteiger partial charge >= 0.3 is 0 Å². The van der Waals surface area contributed by atoms with Crippen molar-refractivity contribution >= 4 is 6.08 Å². The summed E-state index contributed by atoms with van der Waals surface area (Å²) in [5, 5.41) is 3.78.